The second-order valence-electron chi connectivity index (χ2n) is 4.49. The molecule has 0 N–H and O–H groups in total. The molecule has 0 aromatic carbocycles. The summed E-state index contributed by atoms with van der Waals surface area (Å²) in [5.74, 6) is 1.19. The highest BCUT2D eigenvalue weighted by Crippen LogP contribution is 2.32. The Bertz CT molecular complexity index is 519. The first-order chi connectivity index (χ1) is 9.11. The molecule has 102 valence electrons. The highest BCUT2D eigenvalue weighted by atomic mass is 32.2. The molecule has 1 fully saturated rings. The van der Waals surface area contributed by atoms with Gasteiger partial charge in [-0.15, -0.1) is 0 Å². The molecule has 2 amide bonds. The Morgan fingerprint density at radius 3 is 2.74 bits per heavy atom. The van der Waals surface area contributed by atoms with Crippen molar-refractivity contribution in [2.24, 2.45) is 0 Å². The summed E-state index contributed by atoms with van der Waals surface area (Å²) in [5, 5.41) is -0.185. The molecule has 0 aliphatic carbocycles. The van der Waals surface area contributed by atoms with Gasteiger partial charge < -0.3 is 4.42 Å². The topological polar surface area (TPSA) is 50.5 Å². The van der Waals surface area contributed by atoms with Gasteiger partial charge >= 0.3 is 0 Å². The maximum Gasteiger partial charge on any atom is 0.293 e. The summed E-state index contributed by atoms with van der Waals surface area (Å²) in [4.78, 5) is 25.6. The number of amides is 2. The zero-order valence-corrected chi connectivity index (χ0v) is 12.0. The van der Waals surface area contributed by atoms with E-state index in [4.69, 9.17) is 4.42 Å². The normalized spacial score (nSPS) is 17.8. The van der Waals surface area contributed by atoms with Gasteiger partial charge in [0.25, 0.3) is 11.1 Å². The Balaban J connectivity index is 2.07. The van der Waals surface area contributed by atoms with Crippen molar-refractivity contribution in [2.75, 3.05) is 6.54 Å². The lowest BCUT2D eigenvalue weighted by Crippen LogP contribution is -2.29. The van der Waals surface area contributed by atoms with Crippen molar-refractivity contribution in [3.8, 4) is 0 Å². The second-order valence-corrected chi connectivity index (χ2v) is 5.48. The number of hydrogen-bond acceptors (Lipinski definition) is 4. The molecule has 1 aromatic rings. The van der Waals surface area contributed by atoms with E-state index in [0.717, 1.165) is 36.8 Å². The average molecular weight is 279 g/mol. The first-order valence-corrected chi connectivity index (χ1v) is 7.25. The highest BCUT2D eigenvalue weighted by Gasteiger charge is 2.34. The van der Waals surface area contributed by atoms with Gasteiger partial charge in [-0.1, -0.05) is 19.8 Å². The number of furan rings is 1. The predicted molar refractivity (Wildman–Crippen MR) is 75.6 cm³/mol. The van der Waals surface area contributed by atoms with Gasteiger partial charge in [-0.2, -0.15) is 0 Å². The van der Waals surface area contributed by atoms with E-state index in [9.17, 15) is 9.59 Å². The lowest BCUT2D eigenvalue weighted by molar-refractivity contribution is -0.122. The predicted octanol–water partition coefficient (Wildman–Crippen LogP) is 3.81. The molecule has 0 spiro atoms. The van der Waals surface area contributed by atoms with Crippen LogP contribution in [0, 0.1) is 6.92 Å². The molecule has 1 aliphatic heterocycles. The van der Waals surface area contributed by atoms with E-state index in [0.29, 0.717) is 17.2 Å². The van der Waals surface area contributed by atoms with Crippen LogP contribution in [-0.4, -0.2) is 22.6 Å². The smallest absolute Gasteiger partial charge is 0.293 e. The Kier molecular flexibility index (Phi) is 4.47. The van der Waals surface area contributed by atoms with Crippen LogP contribution in [0.1, 0.15) is 37.7 Å². The van der Waals surface area contributed by atoms with Crippen molar-refractivity contribution < 1.29 is 14.0 Å². The van der Waals surface area contributed by atoms with Crippen LogP contribution in [0.25, 0.3) is 6.08 Å². The summed E-state index contributed by atoms with van der Waals surface area (Å²) in [6.45, 7) is 4.44. The zero-order chi connectivity index (χ0) is 13.8. The Labute approximate surface area is 116 Å². The van der Waals surface area contributed by atoms with E-state index in [2.05, 4.69) is 6.92 Å². The molecule has 0 unspecified atom stereocenters. The van der Waals surface area contributed by atoms with Crippen LogP contribution < -0.4 is 0 Å². The van der Waals surface area contributed by atoms with Gasteiger partial charge in [0.2, 0.25) is 0 Å². The Morgan fingerprint density at radius 2 is 2.11 bits per heavy atom. The molecule has 1 saturated heterocycles. The molecule has 2 rings (SSSR count). The number of aryl methyl sites for hydroxylation is 1. The summed E-state index contributed by atoms with van der Waals surface area (Å²) >= 11 is 0.982. The molecule has 19 heavy (non-hydrogen) atoms. The van der Waals surface area contributed by atoms with Gasteiger partial charge in [0, 0.05) is 12.6 Å². The Morgan fingerprint density at radius 1 is 1.32 bits per heavy atom. The van der Waals surface area contributed by atoms with Crippen LogP contribution in [0.15, 0.2) is 21.5 Å². The van der Waals surface area contributed by atoms with Crippen molar-refractivity contribution in [2.45, 2.75) is 33.1 Å². The van der Waals surface area contributed by atoms with Gasteiger partial charge in [-0.05, 0) is 37.2 Å². The number of imide groups is 1. The molecule has 0 saturated carbocycles. The van der Waals surface area contributed by atoms with Crippen molar-refractivity contribution in [3.05, 3.63) is 28.6 Å². The minimum absolute atomic E-state index is 0.185. The van der Waals surface area contributed by atoms with Gasteiger partial charge in [0.1, 0.15) is 11.5 Å². The highest BCUT2D eigenvalue weighted by molar-refractivity contribution is 8.18. The van der Waals surface area contributed by atoms with E-state index in [-0.39, 0.29) is 11.1 Å². The first kappa shape index (κ1) is 13.9. The monoisotopic (exact) mass is 279 g/mol. The molecule has 0 radical (unpaired) electrons. The number of nitrogens with zero attached hydrogens (tertiary/aromatic N) is 1. The molecular formula is C14H17NO3S. The summed E-state index contributed by atoms with van der Waals surface area (Å²) in [6.07, 6.45) is 4.59. The summed E-state index contributed by atoms with van der Waals surface area (Å²) < 4.78 is 5.39. The zero-order valence-electron chi connectivity index (χ0n) is 11.1. The van der Waals surface area contributed by atoms with Crippen LogP contribution in [0.3, 0.4) is 0 Å². The first-order valence-electron chi connectivity index (χ1n) is 6.43. The summed E-state index contributed by atoms with van der Waals surface area (Å²) in [7, 11) is 0. The van der Waals surface area contributed by atoms with Crippen LogP contribution >= 0.6 is 11.8 Å². The molecule has 0 bridgehead atoms. The van der Waals surface area contributed by atoms with Crippen LogP contribution in [0.2, 0.25) is 0 Å². The van der Waals surface area contributed by atoms with Crippen molar-refractivity contribution >= 4 is 29.0 Å². The van der Waals surface area contributed by atoms with Crippen LogP contribution in [-0.2, 0) is 4.79 Å². The summed E-state index contributed by atoms with van der Waals surface area (Å²) in [5.41, 5.74) is 0. The van der Waals surface area contributed by atoms with Crippen LogP contribution in [0.5, 0.6) is 0 Å². The van der Waals surface area contributed by atoms with Crippen molar-refractivity contribution in [1.29, 1.82) is 0 Å². The number of carbonyl (C=O) groups excluding carboxylic acids is 2. The Hall–Kier alpha value is -1.49. The van der Waals surface area contributed by atoms with Crippen molar-refractivity contribution in [3.63, 3.8) is 0 Å². The quantitative estimate of drug-likeness (QED) is 0.607. The maximum atomic E-state index is 12.1. The molecule has 1 aliphatic rings. The van der Waals surface area contributed by atoms with Crippen molar-refractivity contribution in [1.82, 2.24) is 4.90 Å². The molecule has 1 aromatic heterocycles. The molecule has 4 nitrogen and oxygen atoms in total. The number of thioether (sulfide) groups is 1. The van der Waals surface area contributed by atoms with Gasteiger partial charge in [-0.3, -0.25) is 14.5 Å². The SMILES string of the molecule is CCCCCN1C(=O)S/C(=C\c2ccc(C)o2)C1=O. The molecule has 2 heterocycles. The maximum absolute atomic E-state index is 12.1. The third-order valence-corrected chi connectivity index (χ3v) is 3.80. The van der Waals surface area contributed by atoms with E-state index in [1.807, 2.05) is 13.0 Å². The minimum atomic E-state index is -0.208. The standard InChI is InChI=1S/C14H17NO3S/c1-3-4-5-8-15-13(16)12(19-14(15)17)9-11-7-6-10(2)18-11/h6-7,9H,3-5,8H2,1-2H3/b12-9-. The number of rotatable bonds is 5. The molecule has 0 atom stereocenters. The van der Waals surface area contributed by atoms with Gasteiger partial charge in [0.05, 0.1) is 4.91 Å². The summed E-state index contributed by atoms with van der Waals surface area (Å²) in [6, 6.07) is 3.62. The lowest BCUT2D eigenvalue weighted by atomic mass is 10.2. The number of unbranched alkanes of at least 4 members (excludes halogenated alkanes) is 2. The van der Waals surface area contributed by atoms with Gasteiger partial charge in [-0.25, -0.2) is 0 Å². The largest absolute Gasteiger partial charge is 0.462 e. The van der Waals surface area contributed by atoms with Gasteiger partial charge in [0.15, 0.2) is 0 Å². The van der Waals surface area contributed by atoms with E-state index < -0.39 is 0 Å². The van der Waals surface area contributed by atoms with E-state index in [1.165, 1.54) is 4.90 Å². The van der Waals surface area contributed by atoms with Crippen LogP contribution in [0.4, 0.5) is 4.79 Å². The third kappa shape index (κ3) is 3.29. The number of carbonyl (C=O) groups is 2. The fourth-order valence-corrected chi connectivity index (χ4v) is 2.72. The minimum Gasteiger partial charge on any atom is -0.462 e. The average Bonchev–Trinajstić information content (AvgIpc) is 2.88. The fraction of sp³-hybridized carbons (Fsp3) is 0.429. The van der Waals surface area contributed by atoms with E-state index in [1.54, 1.807) is 12.1 Å². The number of hydrogen-bond donors (Lipinski definition) is 0. The second kappa shape index (κ2) is 6.10. The fourth-order valence-electron chi connectivity index (χ4n) is 1.87. The molecule has 5 heteroatoms. The van der Waals surface area contributed by atoms with E-state index >= 15 is 0 Å². The molecular weight excluding hydrogens is 262 g/mol. The third-order valence-electron chi connectivity index (χ3n) is 2.89. The lowest BCUT2D eigenvalue weighted by Gasteiger charge is -2.11.